The number of benzene rings is 1. The van der Waals surface area contributed by atoms with Gasteiger partial charge in [0, 0.05) is 24.9 Å². The molecule has 1 atom stereocenters. The first-order chi connectivity index (χ1) is 11.8. The molecule has 0 fully saturated rings. The molecule has 0 bridgehead atoms. The average molecular weight is 360 g/mol. The van der Waals surface area contributed by atoms with E-state index in [-0.39, 0.29) is 23.4 Å². The second-order valence-electron chi connectivity index (χ2n) is 6.67. The van der Waals surface area contributed by atoms with E-state index in [9.17, 15) is 14.0 Å². The van der Waals surface area contributed by atoms with E-state index in [4.69, 9.17) is 0 Å². The first-order valence-corrected chi connectivity index (χ1v) is 9.07. The lowest BCUT2D eigenvalue weighted by Gasteiger charge is -2.21. The molecule has 1 N–H and O–H groups in total. The van der Waals surface area contributed by atoms with Gasteiger partial charge in [-0.2, -0.15) is 0 Å². The summed E-state index contributed by atoms with van der Waals surface area (Å²) in [7, 11) is 3.46. The summed E-state index contributed by atoms with van der Waals surface area (Å²) in [5.41, 5.74) is 2.18. The van der Waals surface area contributed by atoms with Crippen molar-refractivity contribution in [3.8, 4) is 0 Å². The van der Waals surface area contributed by atoms with Crippen LogP contribution in [-0.2, 0) is 17.6 Å². The average Bonchev–Trinajstić information content (AvgIpc) is 3.00. The number of carbonyl (C=O) groups excluding carboxylic acids is 2. The SMILES string of the molecule is Cc1ccc(F)c(NC(=O)[C@H]2CCc3sc(C(=O)N(C)C)cc3C2)c1. The summed E-state index contributed by atoms with van der Waals surface area (Å²) in [6.07, 6.45) is 2.07. The molecule has 0 unspecified atom stereocenters. The number of nitrogens with zero attached hydrogens (tertiary/aromatic N) is 1. The zero-order valence-electron chi connectivity index (χ0n) is 14.6. The molecule has 0 spiro atoms. The number of carbonyl (C=O) groups is 2. The third-order valence-electron chi connectivity index (χ3n) is 4.45. The summed E-state index contributed by atoms with van der Waals surface area (Å²) < 4.78 is 13.8. The molecule has 132 valence electrons. The van der Waals surface area contributed by atoms with Crippen LogP contribution in [0.1, 0.15) is 32.1 Å². The van der Waals surface area contributed by atoms with Crippen LogP contribution in [0.4, 0.5) is 10.1 Å². The molecule has 0 radical (unpaired) electrons. The fourth-order valence-corrected chi connectivity index (χ4v) is 4.27. The molecule has 1 heterocycles. The lowest BCUT2D eigenvalue weighted by atomic mass is 9.87. The summed E-state index contributed by atoms with van der Waals surface area (Å²) in [5.74, 6) is -0.807. The first-order valence-electron chi connectivity index (χ1n) is 8.25. The van der Waals surface area contributed by atoms with Crippen LogP contribution in [-0.4, -0.2) is 30.8 Å². The Labute approximate surface area is 150 Å². The highest BCUT2D eigenvalue weighted by atomic mass is 32.1. The molecule has 2 amide bonds. The highest BCUT2D eigenvalue weighted by Crippen LogP contribution is 2.33. The molecule has 1 aromatic carbocycles. The van der Waals surface area contributed by atoms with E-state index in [0.29, 0.717) is 17.7 Å². The molecule has 0 saturated carbocycles. The maximum absolute atomic E-state index is 13.8. The predicted octanol–water partition coefficient (Wildman–Crippen LogP) is 3.64. The second-order valence-corrected chi connectivity index (χ2v) is 7.81. The zero-order valence-corrected chi connectivity index (χ0v) is 15.4. The Kier molecular flexibility index (Phi) is 4.90. The minimum absolute atomic E-state index is 0.0118. The number of anilines is 1. The Hall–Kier alpha value is -2.21. The smallest absolute Gasteiger partial charge is 0.263 e. The predicted molar refractivity (Wildman–Crippen MR) is 97.6 cm³/mol. The molecule has 4 nitrogen and oxygen atoms in total. The number of fused-ring (bicyclic) bond motifs is 1. The number of halogens is 1. The summed E-state index contributed by atoms with van der Waals surface area (Å²) >= 11 is 1.51. The summed E-state index contributed by atoms with van der Waals surface area (Å²) in [6.45, 7) is 1.86. The Morgan fingerprint density at radius 2 is 2.04 bits per heavy atom. The normalized spacial score (nSPS) is 16.2. The van der Waals surface area contributed by atoms with E-state index >= 15 is 0 Å². The zero-order chi connectivity index (χ0) is 18.1. The van der Waals surface area contributed by atoms with E-state index < -0.39 is 5.82 Å². The van der Waals surface area contributed by atoms with Crippen LogP contribution < -0.4 is 5.32 Å². The molecule has 1 aliphatic rings. The summed E-state index contributed by atoms with van der Waals surface area (Å²) in [4.78, 5) is 28.1. The van der Waals surface area contributed by atoms with Gasteiger partial charge in [-0.15, -0.1) is 11.3 Å². The van der Waals surface area contributed by atoms with Crippen molar-refractivity contribution >= 4 is 28.8 Å². The van der Waals surface area contributed by atoms with E-state index in [2.05, 4.69) is 5.32 Å². The summed E-state index contributed by atoms with van der Waals surface area (Å²) in [5, 5.41) is 2.71. The molecular formula is C19H21FN2O2S. The van der Waals surface area contributed by atoms with Crippen LogP contribution in [0, 0.1) is 18.7 Å². The van der Waals surface area contributed by atoms with Crippen LogP contribution in [0.5, 0.6) is 0 Å². The maximum atomic E-state index is 13.8. The molecule has 1 aromatic heterocycles. The third-order valence-corrected chi connectivity index (χ3v) is 5.68. The van der Waals surface area contributed by atoms with Gasteiger partial charge in [0.25, 0.3) is 5.91 Å². The van der Waals surface area contributed by atoms with Gasteiger partial charge in [-0.05, 0) is 55.5 Å². The number of rotatable bonds is 3. The van der Waals surface area contributed by atoms with E-state index in [1.165, 1.54) is 22.3 Å². The Bertz CT molecular complexity index is 829. The van der Waals surface area contributed by atoms with Crippen molar-refractivity contribution in [1.29, 1.82) is 0 Å². The quantitative estimate of drug-likeness (QED) is 0.908. The second kappa shape index (κ2) is 6.96. The number of hydrogen-bond acceptors (Lipinski definition) is 3. The van der Waals surface area contributed by atoms with Gasteiger partial charge in [-0.1, -0.05) is 6.07 Å². The monoisotopic (exact) mass is 360 g/mol. The standard InChI is InChI=1S/C19H21FN2O2S/c1-11-4-6-14(20)15(8-11)21-18(23)12-5-7-16-13(9-12)10-17(25-16)19(24)22(2)3/h4,6,8,10,12H,5,7,9H2,1-3H3,(H,21,23)/t12-/m0/s1. The number of hydrogen-bond donors (Lipinski definition) is 1. The number of nitrogens with one attached hydrogen (secondary N) is 1. The minimum atomic E-state index is -0.426. The summed E-state index contributed by atoms with van der Waals surface area (Å²) in [6, 6.07) is 6.57. The third kappa shape index (κ3) is 3.74. The van der Waals surface area contributed by atoms with Crippen molar-refractivity contribution in [2.24, 2.45) is 5.92 Å². The van der Waals surface area contributed by atoms with Gasteiger partial charge in [-0.25, -0.2) is 4.39 Å². The van der Waals surface area contributed by atoms with Crippen molar-refractivity contribution in [3.63, 3.8) is 0 Å². The number of thiophene rings is 1. The van der Waals surface area contributed by atoms with E-state index in [1.807, 2.05) is 13.0 Å². The highest BCUT2D eigenvalue weighted by Gasteiger charge is 2.28. The van der Waals surface area contributed by atoms with Crippen LogP contribution >= 0.6 is 11.3 Å². The van der Waals surface area contributed by atoms with Crippen molar-refractivity contribution in [2.75, 3.05) is 19.4 Å². The van der Waals surface area contributed by atoms with Gasteiger partial charge in [0.1, 0.15) is 5.82 Å². The van der Waals surface area contributed by atoms with E-state index in [1.54, 1.807) is 31.1 Å². The van der Waals surface area contributed by atoms with Crippen LogP contribution in [0.2, 0.25) is 0 Å². The van der Waals surface area contributed by atoms with Crippen molar-refractivity contribution in [3.05, 3.63) is 51.0 Å². The van der Waals surface area contributed by atoms with Crippen LogP contribution in [0.15, 0.2) is 24.3 Å². The topological polar surface area (TPSA) is 49.4 Å². The van der Waals surface area contributed by atoms with Gasteiger partial charge in [0.2, 0.25) is 5.91 Å². The minimum Gasteiger partial charge on any atom is -0.344 e. The van der Waals surface area contributed by atoms with Gasteiger partial charge >= 0.3 is 0 Å². The van der Waals surface area contributed by atoms with Gasteiger partial charge in [0.15, 0.2) is 0 Å². The van der Waals surface area contributed by atoms with Gasteiger partial charge in [-0.3, -0.25) is 9.59 Å². The lowest BCUT2D eigenvalue weighted by molar-refractivity contribution is -0.120. The largest absolute Gasteiger partial charge is 0.344 e. The van der Waals surface area contributed by atoms with Gasteiger partial charge < -0.3 is 10.2 Å². The molecule has 0 saturated heterocycles. The van der Waals surface area contributed by atoms with Crippen LogP contribution in [0.3, 0.4) is 0 Å². The molecule has 1 aliphatic carbocycles. The molecule has 25 heavy (non-hydrogen) atoms. The number of amides is 2. The maximum Gasteiger partial charge on any atom is 0.263 e. The molecular weight excluding hydrogens is 339 g/mol. The fraction of sp³-hybridized carbons (Fsp3) is 0.368. The molecule has 6 heteroatoms. The Morgan fingerprint density at radius 3 is 2.76 bits per heavy atom. The van der Waals surface area contributed by atoms with Crippen molar-refractivity contribution in [2.45, 2.75) is 26.2 Å². The van der Waals surface area contributed by atoms with Crippen molar-refractivity contribution in [1.82, 2.24) is 4.90 Å². The van der Waals surface area contributed by atoms with Crippen molar-refractivity contribution < 1.29 is 14.0 Å². The van der Waals surface area contributed by atoms with Crippen LogP contribution in [0.25, 0.3) is 0 Å². The lowest BCUT2D eigenvalue weighted by Crippen LogP contribution is -2.28. The Morgan fingerprint density at radius 1 is 1.28 bits per heavy atom. The molecule has 3 rings (SSSR count). The Balaban J connectivity index is 1.73. The first kappa shape index (κ1) is 17.6. The highest BCUT2D eigenvalue weighted by molar-refractivity contribution is 7.14. The fourth-order valence-electron chi connectivity index (χ4n) is 3.04. The number of aryl methyl sites for hydroxylation is 2. The molecule has 0 aliphatic heterocycles. The van der Waals surface area contributed by atoms with E-state index in [0.717, 1.165) is 17.5 Å². The molecule has 2 aromatic rings. The van der Waals surface area contributed by atoms with Gasteiger partial charge in [0.05, 0.1) is 10.6 Å².